The molecule has 4 nitrogen and oxygen atoms in total. The van der Waals surface area contributed by atoms with E-state index in [0.717, 1.165) is 17.1 Å². The number of carbonyl (C=O) groups is 2. The van der Waals surface area contributed by atoms with Crippen molar-refractivity contribution in [2.24, 2.45) is 0 Å². The quantitative estimate of drug-likeness (QED) is 0.822. The second-order valence-electron chi connectivity index (χ2n) is 3.86. The highest BCUT2D eigenvalue weighted by Crippen LogP contribution is 2.22. The van der Waals surface area contributed by atoms with Crippen LogP contribution < -0.4 is 5.32 Å². The maximum absolute atomic E-state index is 11.6. The van der Waals surface area contributed by atoms with Gasteiger partial charge >= 0.3 is 0 Å². The summed E-state index contributed by atoms with van der Waals surface area (Å²) in [5.41, 5.74) is 0. The van der Waals surface area contributed by atoms with Gasteiger partial charge in [-0.1, -0.05) is 11.8 Å². The van der Waals surface area contributed by atoms with Crippen LogP contribution in [0.2, 0.25) is 0 Å². The third kappa shape index (κ3) is 3.68. The number of phenols is 1. The zero-order valence-electron chi connectivity index (χ0n) is 9.59. The molecule has 1 amide bonds. The van der Waals surface area contributed by atoms with Crippen LogP contribution in [0.5, 0.6) is 5.75 Å². The number of hydrogen-bond donors (Lipinski definition) is 2. The van der Waals surface area contributed by atoms with E-state index in [4.69, 9.17) is 5.11 Å². The lowest BCUT2D eigenvalue weighted by molar-refractivity contribution is -0.122. The van der Waals surface area contributed by atoms with Crippen LogP contribution in [0.3, 0.4) is 0 Å². The molecule has 1 aliphatic heterocycles. The van der Waals surface area contributed by atoms with Gasteiger partial charge in [-0.25, -0.2) is 0 Å². The molecule has 0 saturated carbocycles. The van der Waals surface area contributed by atoms with Crippen LogP contribution in [0.1, 0.15) is 6.42 Å². The number of nitrogens with one attached hydrogen (secondary N) is 1. The summed E-state index contributed by atoms with van der Waals surface area (Å²) in [5.74, 6) is 1.14. The highest BCUT2D eigenvalue weighted by Gasteiger charge is 2.26. The molecule has 1 heterocycles. The van der Waals surface area contributed by atoms with E-state index in [9.17, 15) is 9.59 Å². The van der Waals surface area contributed by atoms with Crippen molar-refractivity contribution >= 4 is 34.5 Å². The van der Waals surface area contributed by atoms with Crippen LogP contribution in [0.4, 0.5) is 0 Å². The fourth-order valence-electron chi connectivity index (χ4n) is 1.55. The first kappa shape index (κ1) is 13.3. The number of phenolic OH excluding ortho intramolecular Hbond substituents is 1. The summed E-state index contributed by atoms with van der Waals surface area (Å²) in [5, 5.41) is 11.9. The highest BCUT2D eigenvalue weighted by molar-refractivity contribution is 8.14. The molecule has 0 aliphatic carbocycles. The summed E-state index contributed by atoms with van der Waals surface area (Å²) in [4.78, 5) is 23.9. The molecular formula is C12H13NO3S2. The van der Waals surface area contributed by atoms with E-state index in [1.54, 1.807) is 24.3 Å². The molecule has 0 radical (unpaired) electrons. The van der Waals surface area contributed by atoms with E-state index in [2.05, 4.69) is 5.32 Å². The minimum absolute atomic E-state index is 0.0537. The molecule has 1 atom stereocenters. The van der Waals surface area contributed by atoms with Crippen LogP contribution >= 0.6 is 23.5 Å². The first-order valence-electron chi connectivity index (χ1n) is 5.53. The molecule has 1 fully saturated rings. The van der Waals surface area contributed by atoms with Gasteiger partial charge in [-0.2, -0.15) is 0 Å². The minimum atomic E-state index is -0.317. The average Bonchev–Trinajstić information content (AvgIpc) is 2.74. The van der Waals surface area contributed by atoms with Crippen molar-refractivity contribution in [3.05, 3.63) is 24.3 Å². The molecule has 1 aromatic carbocycles. The summed E-state index contributed by atoms with van der Waals surface area (Å²) in [6, 6.07) is 6.35. The summed E-state index contributed by atoms with van der Waals surface area (Å²) < 4.78 is 0. The summed E-state index contributed by atoms with van der Waals surface area (Å²) in [6.07, 6.45) is 0.721. The second kappa shape index (κ2) is 6.15. The van der Waals surface area contributed by atoms with Gasteiger partial charge in [0.1, 0.15) is 5.75 Å². The Morgan fingerprint density at radius 3 is 2.78 bits per heavy atom. The van der Waals surface area contributed by atoms with Crippen molar-refractivity contribution in [2.45, 2.75) is 17.4 Å². The lowest BCUT2D eigenvalue weighted by atomic mass is 10.2. The monoisotopic (exact) mass is 283 g/mol. The summed E-state index contributed by atoms with van der Waals surface area (Å²) in [6.45, 7) is 0. The van der Waals surface area contributed by atoms with Crippen LogP contribution in [0.25, 0.3) is 0 Å². The number of rotatable bonds is 4. The van der Waals surface area contributed by atoms with Crippen molar-refractivity contribution in [3.63, 3.8) is 0 Å². The Labute approximate surface area is 114 Å². The third-order valence-corrected chi connectivity index (χ3v) is 4.50. The molecule has 1 aromatic rings. The highest BCUT2D eigenvalue weighted by atomic mass is 32.2. The molecule has 0 aromatic heterocycles. The van der Waals surface area contributed by atoms with Gasteiger partial charge in [-0.05, 0) is 30.7 Å². The lowest BCUT2D eigenvalue weighted by Gasteiger charge is -2.09. The van der Waals surface area contributed by atoms with Gasteiger partial charge in [0.15, 0.2) is 0 Å². The predicted molar refractivity (Wildman–Crippen MR) is 72.8 cm³/mol. The van der Waals surface area contributed by atoms with Crippen molar-refractivity contribution in [2.75, 3.05) is 11.5 Å². The number of benzene rings is 1. The number of thioether (sulfide) groups is 2. The van der Waals surface area contributed by atoms with Gasteiger partial charge < -0.3 is 10.4 Å². The second-order valence-corrected chi connectivity index (χ2v) is 6.01. The number of aromatic hydroxyl groups is 1. The van der Waals surface area contributed by atoms with Gasteiger partial charge in [-0.15, -0.1) is 11.8 Å². The summed E-state index contributed by atoms with van der Waals surface area (Å²) >= 11 is 2.66. The van der Waals surface area contributed by atoms with Crippen LogP contribution in [0.15, 0.2) is 29.2 Å². The zero-order chi connectivity index (χ0) is 13.0. The fourth-order valence-corrected chi connectivity index (χ4v) is 3.20. The first-order valence-corrected chi connectivity index (χ1v) is 7.50. The van der Waals surface area contributed by atoms with E-state index < -0.39 is 0 Å². The third-order valence-electron chi connectivity index (χ3n) is 2.48. The number of carbonyl (C=O) groups excluding carboxylic acids is 2. The number of hydrogen-bond acceptors (Lipinski definition) is 5. The normalized spacial score (nSPS) is 18.9. The smallest absolute Gasteiger partial charge is 0.230 e. The predicted octanol–water partition coefficient (Wildman–Crippen LogP) is 1.63. The van der Waals surface area contributed by atoms with E-state index in [-0.39, 0.29) is 28.6 Å². The van der Waals surface area contributed by atoms with Crippen molar-refractivity contribution in [3.8, 4) is 5.75 Å². The van der Waals surface area contributed by atoms with E-state index in [1.807, 2.05) is 0 Å². The van der Waals surface area contributed by atoms with Crippen molar-refractivity contribution in [1.82, 2.24) is 5.32 Å². The van der Waals surface area contributed by atoms with E-state index >= 15 is 0 Å². The van der Waals surface area contributed by atoms with Gasteiger partial charge in [-0.3, -0.25) is 9.59 Å². The Bertz CT molecular complexity index is 447. The maximum Gasteiger partial charge on any atom is 0.230 e. The molecule has 1 aliphatic rings. The molecule has 18 heavy (non-hydrogen) atoms. The first-order chi connectivity index (χ1) is 8.65. The number of amides is 1. The van der Waals surface area contributed by atoms with Crippen LogP contribution in [-0.2, 0) is 9.59 Å². The standard InChI is InChI=1S/C12H13NO3S2/c14-8-1-3-9(4-2-8)18-7-11(15)13-10-5-6-17-12(10)16/h1-4,10,14H,5-7H2,(H,13,15). The van der Waals surface area contributed by atoms with Gasteiger partial charge in [0.2, 0.25) is 11.0 Å². The Balaban J connectivity index is 1.78. The average molecular weight is 283 g/mol. The van der Waals surface area contributed by atoms with Gasteiger partial charge in [0.05, 0.1) is 11.8 Å². The Morgan fingerprint density at radius 2 is 2.17 bits per heavy atom. The molecule has 1 unspecified atom stereocenters. The van der Waals surface area contributed by atoms with Crippen LogP contribution in [-0.4, -0.2) is 33.7 Å². The maximum atomic E-state index is 11.6. The molecular weight excluding hydrogens is 270 g/mol. The molecule has 0 bridgehead atoms. The van der Waals surface area contributed by atoms with Gasteiger partial charge in [0.25, 0.3) is 0 Å². The Kier molecular flexibility index (Phi) is 4.54. The van der Waals surface area contributed by atoms with Crippen molar-refractivity contribution in [1.29, 1.82) is 0 Å². The largest absolute Gasteiger partial charge is 0.508 e. The Hall–Kier alpha value is -1.14. The lowest BCUT2D eigenvalue weighted by Crippen LogP contribution is -2.38. The molecule has 0 spiro atoms. The topological polar surface area (TPSA) is 66.4 Å². The van der Waals surface area contributed by atoms with Crippen LogP contribution in [0, 0.1) is 0 Å². The molecule has 96 valence electrons. The minimum Gasteiger partial charge on any atom is -0.508 e. The Morgan fingerprint density at radius 1 is 1.44 bits per heavy atom. The molecule has 6 heteroatoms. The van der Waals surface area contributed by atoms with Crippen molar-refractivity contribution < 1.29 is 14.7 Å². The molecule has 2 rings (SSSR count). The SMILES string of the molecule is O=C(CSc1ccc(O)cc1)NC1CCSC1=O. The summed E-state index contributed by atoms with van der Waals surface area (Å²) in [7, 11) is 0. The van der Waals surface area contributed by atoms with Gasteiger partial charge in [0, 0.05) is 10.6 Å². The fraction of sp³-hybridized carbons (Fsp3) is 0.333. The van der Waals surface area contributed by atoms with E-state index in [1.165, 1.54) is 23.5 Å². The molecule has 2 N–H and O–H groups in total. The van der Waals surface area contributed by atoms with E-state index in [0.29, 0.717) is 0 Å². The molecule has 1 saturated heterocycles. The zero-order valence-corrected chi connectivity index (χ0v) is 11.2.